The minimum absolute atomic E-state index is 0.0315. The lowest BCUT2D eigenvalue weighted by atomic mass is 10.1. The van der Waals surface area contributed by atoms with Crippen LogP contribution in [0, 0.1) is 13.8 Å². The summed E-state index contributed by atoms with van der Waals surface area (Å²) < 4.78 is 10.6. The summed E-state index contributed by atoms with van der Waals surface area (Å²) in [4.78, 5) is 8.55. The molecule has 0 aliphatic rings. The Bertz CT molecular complexity index is 551. The monoisotopic (exact) mass is 262 g/mol. The second kappa shape index (κ2) is 5.79. The summed E-state index contributed by atoms with van der Waals surface area (Å²) in [7, 11) is 0. The van der Waals surface area contributed by atoms with Crippen molar-refractivity contribution in [3.8, 4) is 5.75 Å². The Morgan fingerprint density at radius 1 is 1.32 bits per heavy atom. The van der Waals surface area contributed by atoms with Crippen molar-refractivity contribution in [2.45, 2.75) is 39.8 Å². The van der Waals surface area contributed by atoms with Gasteiger partial charge >= 0.3 is 0 Å². The van der Waals surface area contributed by atoms with Gasteiger partial charge in [-0.3, -0.25) is 4.98 Å². The maximum atomic E-state index is 5.82. The second-order valence-corrected chi connectivity index (χ2v) is 4.60. The van der Waals surface area contributed by atoms with Gasteiger partial charge < -0.3 is 15.0 Å². The number of rotatable bonds is 5. The van der Waals surface area contributed by atoms with Crippen LogP contribution in [0.1, 0.15) is 30.0 Å². The molecule has 2 rings (SSSR count). The molecule has 6 nitrogen and oxygen atoms in total. The molecule has 0 saturated carbocycles. The normalized spacial score (nSPS) is 12.4. The molecule has 0 aromatic carbocycles. The molecule has 1 unspecified atom stereocenters. The Morgan fingerprint density at radius 2 is 2.11 bits per heavy atom. The van der Waals surface area contributed by atoms with Crippen LogP contribution in [0.25, 0.3) is 0 Å². The van der Waals surface area contributed by atoms with Crippen LogP contribution in [0.15, 0.2) is 16.7 Å². The van der Waals surface area contributed by atoms with E-state index in [0.29, 0.717) is 23.9 Å². The Kier molecular flexibility index (Phi) is 4.11. The fraction of sp³-hybridized carbons (Fsp3) is 0.462. The van der Waals surface area contributed by atoms with Crippen LogP contribution >= 0.6 is 0 Å². The van der Waals surface area contributed by atoms with Crippen LogP contribution in [0.2, 0.25) is 0 Å². The van der Waals surface area contributed by atoms with E-state index in [1.54, 1.807) is 6.92 Å². The van der Waals surface area contributed by atoms with E-state index >= 15 is 0 Å². The highest BCUT2D eigenvalue weighted by atomic mass is 16.5. The standard InChI is InChI=1S/C13H18N4O2/c1-8(14)6-11-12(5-4-9(2)15-11)18-7-13-16-10(3)19-17-13/h4-5,8H,6-7,14H2,1-3H3. The van der Waals surface area contributed by atoms with Gasteiger partial charge in [0.05, 0.1) is 5.69 Å². The molecule has 2 aromatic rings. The molecule has 0 fully saturated rings. The first-order valence-corrected chi connectivity index (χ1v) is 6.18. The van der Waals surface area contributed by atoms with E-state index in [0.717, 1.165) is 11.4 Å². The highest BCUT2D eigenvalue weighted by Gasteiger charge is 2.10. The Balaban J connectivity index is 2.10. The number of hydrogen-bond acceptors (Lipinski definition) is 6. The summed E-state index contributed by atoms with van der Waals surface area (Å²) in [6, 6.07) is 3.83. The van der Waals surface area contributed by atoms with Gasteiger partial charge in [0, 0.05) is 25.1 Å². The van der Waals surface area contributed by atoms with Crippen molar-refractivity contribution in [1.29, 1.82) is 0 Å². The van der Waals surface area contributed by atoms with E-state index in [4.69, 9.17) is 15.0 Å². The minimum atomic E-state index is 0.0315. The third-order valence-electron chi connectivity index (χ3n) is 2.51. The number of nitrogens with two attached hydrogens (primary N) is 1. The van der Waals surface area contributed by atoms with Crippen molar-refractivity contribution in [3.63, 3.8) is 0 Å². The van der Waals surface area contributed by atoms with Gasteiger partial charge in [-0.15, -0.1) is 0 Å². The van der Waals surface area contributed by atoms with E-state index < -0.39 is 0 Å². The van der Waals surface area contributed by atoms with Crippen LogP contribution < -0.4 is 10.5 Å². The molecule has 6 heteroatoms. The molecule has 102 valence electrons. The molecule has 0 amide bonds. The molecular formula is C13H18N4O2. The van der Waals surface area contributed by atoms with Crippen molar-refractivity contribution in [2.75, 3.05) is 0 Å². The molecular weight excluding hydrogens is 244 g/mol. The van der Waals surface area contributed by atoms with Gasteiger partial charge in [-0.25, -0.2) is 0 Å². The summed E-state index contributed by atoms with van der Waals surface area (Å²) in [6.07, 6.45) is 0.669. The van der Waals surface area contributed by atoms with Crippen molar-refractivity contribution >= 4 is 0 Å². The maximum absolute atomic E-state index is 5.82. The third kappa shape index (κ3) is 3.75. The molecule has 0 aliphatic carbocycles. The van der Waals surface area contributed by atoms with Crippen molar-refractivity contribution in [2.24, 2.45) is 5.73 Å². The van der Waals surface area contributed by atoms with Gasteiger partial charge in [0.1, 0.15) is 5.75 Å². The molecule has 0 saturated heterocycles. The number of ether oxygens (including phenoxy) is 1. The van der Waals surface area contributed by atoms with Crippen molar-refractivity contribution < 1.29 is 9.26 Å². The predicted octanol–water partition coefficient (Wildman–Crippen LogP) is 1.55. The first kappa shape index (κ1) is 13.5. The summed E-state index contributed by atoms with van der Waals surface area (Å²) in [5.74, 6) is 1.76. The first-order chi connectivity index (χ1) is 9.04. The maximum Gasteiger partial charge on any atom is 0.223 e. The lowest BCUT2D eigenvalue weighted by molar-refractivity contribution is 0.281. The van der Waals surface area contributed by atoms with E-state index in [1.165, 1.54) is 0 Å². The van der Waals surface area contributed by atoms with Crippen molar-refractivity contribution in [1.82, 2.24) is 15.1 Å². The molecule has 0 radical (unpaired) electrons. The van der Waals surface area contributed by atoms with E-state index in [2.05, 4.69) is 15.1 Å². The van der Waals surface area contributed by atoms with Gasteiger partial charge in [-0.2, -0.15) is 4.98 Å². The van der Waals surface area contributed by atoms with E-state index in [-0.39, 0.29) is 12.6 Å². The molecule has 2 aromatic heterocycles. The zero-order valence-corrected chi connectivity index (χ0v) is 11.4. The molecule has 2 heterocycles. The van der Waals surface area contributed by atoms with Gasteiger partial charge in [0.2, 0.25) is 11.7 Å². The average molecular weight is 262 g/mol. The average Bonchev–Trinajstić information content (AvgIpc) is 2.73. The van der Waals surface area contributed by atoms with Crippen LogP contribution in [0.4, 0.5) is 0 Å². The summed E-state index contributed by atoms with van der Waals surface area (Å²) in [6.45, 7) is 5.88. The van der Waals surface area contributed by atoms with Gasteiger partial charge in [-0.05, 0) is 26.0 Å². The highest BCUT2D eigenvalue weighted by Crippen LogP contribution is 2.19. The molecule has 0 spiro atoms. The third-order valence-corrected chi connectivity index (χ3v) is 2.51. The van der Waals surface area contributed by atoms with Crippen LogP contribution in [-0.2, 0) is 13.0 Å². The van der Waals surface area contributed by atoms with Crippen molar-refractivity contribution in [3.05, 3.63) is 35.2 Å². The smallest absolute Gasteiger partial charge is 0.223 e. The quantitative estimate of drug-likeness (QED) is 0.879. The molecule has 0 bridgehead atoms. The number of nitrogens with zero attached hydrogens (tertiary/aromatic N) is 3. The Hall–Kier alpha value is -1.95. The van der Waals surface area contributed by atoms with Gasteiger partial charge in [0.15, 0.2) is 6.61 Å². The topological polar surface area (TPSA) is 87.1 Å². The predicted molar refractivity (Wildman–Crippen MR) is 69.7 cm³/mol. The number of aryl methyl sites for hydroxylation is 2. The molecule has 19 heavy (non-hydrogen) atoms. The largest absolute Gasteiger partial charge is 0.484 e. The minimum Gasteiger partial charge on any atom is -0.484 e. The Labute approximate surface area is 112 Å². The molecule has 1 atom stereocenters. The number of hydrogen-bond donors (Lipinski definition) is 1. The number of aromatic nitrogens is 3. The van der Waals surface area contributed by atoms with Crippen LogP contribution in [-0.4, -0.2) is 21.2 Å². The zero-order chi connectivity index (χ0) is 13.8. The summed E-state index contributed by atoms with van der Waals surface area (Å²) >= 11 is 0. The van der Waals surface area contributed by atoms with E-state index in [9.17, 15) is 0 Å². The molecule has 2 N–H and O–H groups in total. The first-order valence-electron chi connectivity index (χ1n) is 6.18. The van der Waals surface area contributed by atoms with E-state index in [1.807, 2.05) is 26.0 Å². The van der Waals surface area contributed by atoms with Gasteiger partial charge in [-0.1, -0.05) is 5.16 Å². The summed E-state index contributed by atoms with van der Waals surface area (Å²) in [5.41, 5.74) is 7.62. The number of pyridine rings is 1. The highest BCUT2D eigenvalue weighted by molar-refractivity contribution is 5.30. The Morgan fingerprint density at radius 3 is 2.74 bits per heavy atom. The lowest BCUT2D eigenvalue weighted by Gasteiger charge is -2.11. The molecule has 0 aliphatic heterocycles. The lowest BCUT2D eigenvalue weighted by Crippen LogP contribution is -2.19. The second-order valence-electron chi connectivity index (χ2n) is 4.60. The van der Waals surface area contributed by atoms with Crippen LogP contribution in [0.3, 0.4) is 0 Å². The fourth-order valence-corrected chi connectivity index (χ4v) is 1.72. The van der Waals surface area contributed by atoms with Crippen LogP contribution in [0.5, 0.6) is 5.75 Å². The SMILES string of the molecule is Cc1ccc(OCc2noc(C)n2)c(CC(C)N)n1. The summed E-state index contributed by atoms with van der Waals surface area (Å²) in [5, 5.41) is 3.78. The van der Waals surface area contributed by atoms with Gasteiger partial charge in [0.25, 0.3) is 0 Å². The zero-order valence-electron chi connectivity index (χ0n) is 11.4. The fourth-order valence-electron chi connectivity index (χ4n) is 1.72.